The number of rotatable bonds is 1. The van der Waals surface area contributed by atoms with Gasteiger partial charge in [0.25, 0.3) is 0 Å². The fourth-order valence-corrected chi connectivity index (χ4v) is 2.78. The molecule has 0 N–H and O–H groups in total. The van der Waals surface area contributed by atoms with Gasteiger partial charge in [-0.1, -0.05) is 37.8 Å². The number of benzene rings is 1. The molecule has 104 valence electrons. The Morgan fingerprint density at radius 1 is 1.11 bits per heavy atom. The van der Waals surface area contributed by atoms with Crippen molar-refractivity contribution in [2.24, 2.45) is 0 Å². The maximum absolute atomic E-state index is 9.62. The lowest BCUT2D eigenvalue weighted by atomic mass is 9.73. The van der Waals surface area contributed by atoms with E-state index in [1.807, 2.05) is 18.2 Å². The molecule has 1 heterocycles. The largest absolute Gasteiger partial charge is 0.298 e. The van der Waals surface area contributed by atoms with Crippen molar-refractivity contribution in [1.29, 1.82) is 5.26 Å². The molecule has 0 aliphatic carbocycles. The van der Waals surface area contributed by atoms with Gasteiger partial charge in [-0.15, -0.1) is 0 Å². The average molecular weight is 258 g/mol. The molecular weight excluding hydrogens is 232 g/mol. The first-order valence-corrected chi connectivity index (χ1v) is 6.70. The Labute approximate surface area is 118 Å². The Bertz CT molecular complexity index is 429. The molecule has 1 fully saturated rings. The molecule has 0 amide bonds. The highest BCUT2D eigenvalue weighted by molar-refractivity contribution is 5.33. The van der Waals surface area contributed by atoms with Crippen molar-refractivity contribution in [3.8, 4) is 6.07 Å². The summed E-state index contributed by atoms with van der Waals surface area (Å²) in [5.74, 6) is 0. The third-order valence-corrected chi connectivity index (χ3v) is 4.11. The number of nitriles is 1. The molecular formula is C17H26N2. The van der Waals surface area contributed by atoms with Gasteiger partial charge in [-0.3, -0.25) is 4.90 Å². The molecule has 1 saturated heterocycles. The first-order valence-electron chi connectivity index (χ1n) is 6.70. The van der Waals surface area contributed by atoms with E-state index in [4.69, 9.17) is 0 Å². The zero-order valence-corrected chi connectivity index (χ0v) is 11.6. The predicted molar refractivity (Wildman–Crippen MR) is 81.0 cm³/mol. The standard InChI is InChI=1S/C16H22N2.CH4/c1-15(2,3)18-11-9-16(13-17,10-12-18)14-7-5-4-6-8-14;/h4-8H,9-12H2,1-3H3;1H4. The Balaban J connectivity index is 0.00000180. The first kappa shape index (κ1) is 15.7. The second-order valence-corrected chi connectivity index (χ2v) is 6.22. The minimum Gasteiger partial charge on any atom is -0.298 e. The van der Waals surface area contributed by atoms with Crippen LogP contribution in [0.3, 0.4) is 0 Å². The number of piperidine rings is 1. The Morgan fingerprint density at radius 2 is 1.63 bits per heavy atom. The van der Waals surface area contributed by atoms with Crippen molar-refractivity contribution in [3.63, 3.8) is 0 Å². The van der Waals surface area contributed by atoms with Crippen LogP contribution in [0.1, 0.15) is 46.6 Å². The van der Waals surface area contributed by atoms with E-state index >= 15 is 0 Å². The van der Waals surface area contributed by atoms with Gasteiger partial charge in [0.2, 0.25) is 0 Å². The molecule has 1 aromatic carbocycles. The summed E-state index contributed by atoms with van der Waals surface area (Å²) in [5, 5.41) is 9.62. The van der Waals surface area contributed by atoms with Gasteiger partial charge in [0.05, 0.1) is 11.5 Å². The maximum Gasteiger partial charge on any atom is 0.0846 e. The van der Waals surface area contributed by atoms with Crippen LogP contribution in [0, 0.1) is 11.3 Å². The summed E-state index contributed by atoms with van der Waals surface area (Å²) in [4.78, 5) is 2.48. The molecule has 0 bridgehead atoms. The molecule has 1 aliphatic rings. The second-order valence-electron chi connectivity index (χ2n) is 6.22. The van der Waals surface area contributed by atoms with Gasteiger partial charge in [-0.25, -0.2) is 0 Å². The van der Waals surface area contributed by atoms with Gasteiger partial charge < -0.3 is 0 Å². The quantitative estimate of drug-likeness (QED) is 0.762. The lowest BCUT2D eigenvalue weighted by Crippen LogP contribution is -2.50. The molecule has 0 spiro atoms. The van der Waals surface area contributed by atoms with Crippen molar-refractivity contribution >= 4 is 0 Å². The fourth-order valence-electron chi connectivity index (χ4n) is 2.78. The minimum absolute atomic E-state index is 0. The van der Waals surface area contributed by atoms with Crippen molar-refractivity contribution in [2.75, 3.05) is 13.1 Å². The van der Waals surface area contributed by atoms with Crippen LogP contribution in [0.5, 0.6) is 0 Å². The highest BCUT2D eigenvalue weighted by Gasteiger charge is 2.38. The van der Waals surface area contributed by atoms with Crippen LogP contribution in [0.15, 0.2) is 30.3 Å². The number of likely N-dealkylation sites (tertiary alicyclic amines) is 1. The van der Waals surface area contributed by atoms with Gasteiger partial charge >= 0.3 is 0 Å². The fraction of sp³-hybridized carbons (Fsp3) is 0.588. The van der Waals surface area contributed by atoms with Gasteiger partial charge in [0.1, 0.15) is 0 Å². The van der Waals surface area contributed by atoms with Crippen molar-refractivity contribution in [2.45, 2.75) is 52.0 Å². The zero-order valence-electron chi connectivity index (χ0n) is 11.6. The summed E-state index contributed by atoms with van der Waals surface area (Å²) in [7, 11) is 0. The van der Waals surface area contributed by atoms with Crippen LogP contribution in [0.25, 0.3) is 0 Å². The van der Waals surface area contributed by atoms with Crippen LogP contribution in [0.2, 0.25) is 0 Å². The molecule has 0 aromatic heterocycles. The lowest BCUT2D eigenvalue weighted by molar-refractivity contribution is 0.0884. The van der Waals surface area contributed by atoms with E-state index in [9.17, 15) is 5.26 Å². The number of hydrogen-bond donors (Lipinski definition) is 0. The van der Waals surface area contributed by atoms with E-state index in [0.29, 0.717) is 0 Å². The van der Waals surface area contributed by atoms with E-state index in [0.717, 1.165) is 25.9 Å². The molecule has 19 heavy (non-hydrogen) atoms. The van der Waals surface area contributed by atoms with Crippen LogP contribution in [0.4, 0.5) is 0 Å². The summed E-state index contributed by atoms with van der Waals surface area (Å²) in [5.41, 5.74) is 1.11. The minimum atomic E-state index is -0.275. The Hall–Kier alpha value is -1.33. The molecule has 2 nitrogen and oxygen atoms in total. The van der Waals surface area contributed by atoms with E-state index in [1.165, 1.54) is 5.56 Å². The molecule has 0 radical (unpaired) electrons. The molecule has 1 aromatic rings. The van der Waals surface area contributed by atoms with E-state index in [1.54, 1.807) is 0 Å². The van der Waals surface area contributed by atoms with Crippen LogP contribution in [-0.2, 0) is 5.41 Å². The molecule has 0 atom stereocenters. The van der Waals surface area contributed by atoms with Gasteiger partial charge in [0.15, 0.2) is 0 Å². The molecule has 1 aliphatic heterocycles. The Kier molecular flexibility index (Phi) is 4.76. The van der Waals surface area contributed by atoms with Gasteiger partial charge in [0, 0.05) is 18.6 Å². The highest BCUT2D eigenvalue weighted by atomic mass is 15.2. The van der Waals surface area contributed by atoms with E-state index in [-0.39, 0.29) is 18.4 Å². The maximum atomic E-state index is 9.62. The predicted octanol–water partition coefficient (Wildman–Crippen LogP) is 3.98. The summed E-state index contributed by atoms with van der Waals surface area (Å²) in [6, 6.07) is 12.8. The summed E-state index contributed by atoms with van der Waals surface area (Å²) in [6.07, 6.45) is 1.87. The SMILES string of the molecule is C.CC(C)(C)N1CCC(C#N)(c2ccccc2)CC1. The van der Waals surface area contributed by atoms with Crippen LogP contribution >= 0.6 is 0 Å². The van der Waals surface area contributed by atoms with E-state index < -0.39 is 0 Å². The summed E-state index contributed by atoms with van der Waals surface area (Å²) < 4.78 is 0. The third-order valence-electron chi connectivity index (χ3n) is 4.11. The summed E-state index contributed by atoms with van der Waals surface area (Å²) in [6.45, 7) is 8.75. The second kappa shape index (κ2) is 5.75. The highest BCUT2D eigenvalue weighted by Crippen LogP contribution is 2.36. The van der Waals surface area contributed by atoms with Crippen molar-refractivity contribution < 1.29 is 0 Å². The van der Waals surface area contributed by atoms with E-state index in [2.05, 4.69) is 43.9 Å². The first-order chi connectivity index (χ1) is 8.48. The molecule has 0 saturated carbocycles. The monoisotopic (exact) mass is 258 g/mol. The average Bonchev–Trinajstić information content (AvgIpc) is 2.39. The lowest BCUT2D eigenvalue weighted by Gasteiger charge is -2.44. The molecule has 0 unspecified atom stereocenters. The third kappa shape index (κ3) is 3.16. The van der Waals surface area contributed by atoms with Gasteiger partial charge in [-0.05, 0) is 39.2 Å². The molecule has 2 rings (SSSR count). The van der Waals surface area contributed by atoms with Gasteiger partial charge in [-0.2, -0.15) is 5.26 Å². The smallest absolute Gasteiger partial charge is 0.0846 e. The Morgan fingerprint density at radius 3 is 2.05 bits per heavy atom. The van der Waals surface area contributed by atoms with Crippen molar-refractivity contribution in [3.05, 3.63) is 35.9 Å². The van der Waals surface area contributed by atoms with Crippen molar-refractivity contribution in [1.82, 2.24) is 4.90 Å². The summed E-state index contributed by atoms with van der Waals surface area (Å²) >= 11 is 0. The number of hydrogen-bond acceptors (Lipinski definition) is 2. The van der Waals surface area contributed by atoms with Crippen LogP contribution in [-0.4, -0.2) is 23.5 Å². The van der Waals surface area contributed by atoms with Crippen LogP contribution < -0.4 is 0 Å². The topological polar surface area (TPSA) is 27.0 Å². The normalized spacial score (nSPS) is 19.3. The molecule has 2 heteroatoms. The number of nitrogens with zero attached hydrogens (tertiary/aromatic N) is 2. The zero-order chi connectivity index (χ0) is 13.2.